The largest absolute Gasteiger partial charge is 0.573 e. The van der Waals surface area contributed by atoms with Gasteiger partial charge in [-0.05, 0) is 79.4 Å². The fraction of sp³-hybridized carbons (Fsp3) is 0.294. The molecule has 51 heavy (non-hydrogen) atoms. The highest BCUT2D eigenvalue weighted by molar-refractivity contribution is 7.89. The first-order valence-corrected chi connectivity index (χ1v) is 17.0. The number of nitrogens with one attached hydrogen (secondary N) is 2. The van der Waals surface area contributed by atoms with Crippen molar-refractivity contribution in [3.63, 3.8) is 0 Å². The van der Waals surface area contributed by atoms with E-state index in [4.69, 9.17) is 5.73 Å². The van der Waals surface area contributed by atoms with Crippen LogP contribution in [0.1, 0.15) is 36.0 Å². The Morgan fingerprint density at radius 2 is 1.61 bits per heavy atom. The first kappa shape index (κ1) is 37.7. The van der Waals surface area contributed by atoms with Crippen molar-refractivity contribution >= 4 is 21.6 Å². The lowest BCUT2D eigenvalue weighted by atomic mass is 9.84. The molecule has 0 bridgehead atoms. The Labute approximate surface area is 288 Å². The van der Waals surface area contributed by atoms with E-state index in [1.165, 1.54) is 22.6 Å². The second-order valence-corrected chi connectivity index (χ2v) is 13.8. The highest BCUT2D eigenvalue weighted by Crippen LogP contribution is 2.32. The summed E-state index contributed by atoms with van der Waals surface area (Å²) in [7, 11) is -4.26. The van der Waals surface area contributed by atoms with E-state index in [2.05, 4.69) is 20.4 Å². The number of hydrogen-bond acceptors (Lipinski definition) is 7. The predicted molar refractivity (Wildman–Crippen MR) is 172 cm³/mol. The Kier molecular flexibility index (Phi) is 11.3. The summed E-state index contributed by atoms with van der Waals surface area (Å²) < 4.78 is 128. The van der Waals surface area contributed by atoms with Gasteiger partial charge in [-0.25, -0.2) is 26.0 Å². The fourth-order valence-corrected chi connectivity index (χ4v) is 7.97. The number of halogens is 7. The zero-order chi connectivity index (χ0) is 37.1. The molecule has 1 aliphatic heterocycles. The first-order valence-electron chi connectivity index (χ1n) is 15.5. The second-order valence-electron chi connectivity index (χ2n) is 11.9. The summed E-state index contributed by atoms with van der Waals surface area (Å²) in [5.41, 5.74) is 6.48. The average molecular weight is 740 g/mol. The number of piperazine rings is 1. The molecule has 0 radical (unpaired) electrons. The quantitative estimate of drug-likeness (QED) is 0.171. The lowest BCUT2D eigenvalue weighted by Gasteiger charge is -2.40. The van der Waals surface area contributed by atoms with E-state index in [-0.39, 0.29) is 53.2 Å². The highest BCUT2D eigenvalue weighted by atomic mass is 32.2. The normalized spacial score (nSPS) is 18.2. The van der Waals surface area contributed by atoms with E-state index < -0.39 is 75.4 Å². The molecule has 1 amide bonds. The molecular formula is C34H32F7N5O4S. The van der Waals surface area contributed by atoms with Gasteiger partial charge in [-0.1, -0.05) is 12.1 Å². The molecule has 4 N–H and O–H groups in total. The number of rotatable bonds is 11. The Morgan fingerprint density at radius 1 is 0.961 bits per heavy atom. The van der Waals surface area contributed by atoms with Gasteiger partial charge in [-0.15, -0.1) is 13.2 Å². The molecule has 0 spiro atoms. The number of ether oxygens (including phenoxy) is 1. The predicted octanol–water partition coefficient (Wildman–Crippen LogP) is 5.62. The van der Waals surface area contributed by atoms with Crippen molar-refractivity contribution in [1.29, 1.82) is 0 Å². The highest BCUT2D eigenvalue weighted by Gasteiger charge is 2.38. The van der Waals surface area contributed by atoms with Crippen LogP contribution < -0.4 is 21.1 Å². The van der Waals surface area contributed by atoms with Crippen molar-refractivity contribution in [2.24, 2.45) is 5.73 Å². The van der Waals surface area contributed by atoms with E-state index in [0.717, 1.165) is 54.7 Å². The van der Waals surface area contributed by atoms with Gasteiger partial charge in [0.25, 0.3) is 0 Å². The molecular weight excluding hydrogens is 707 g/mol. The third-order valence-corrected chi connectivity index (χ3v) is 10.5. The van der Waals surface area contributed by atoms with Crippen molar-refractivity contribution in [2.75, 3.05) is 18.4 Å². The molecule has 4 aromatic rings. The number of nitrogens with zero attached hydrogens (tertiary/aromatic N) is 2. The van der Waals surface area contributed by atoms with Gasteiger partial charge in [-0.2, -0.15) is 4.31 Å². The first-order chi connectivity index (χ1) is 24.0. The van der Waals surface area contributed by atoms with Crippen molar-refractivity contribution < 1.29 is 48.7 Å². The van der Waals surface area contributed by atoms with Crippen molar-refractivity contribution in [2.45, 2.75) is 55.1 Å². The lowest BCUT2D eigenvalue weighted by Crippen LogP contribution is -2.58. The molecule has 3 aromatic carbocycles. The third kappa shape index (κ3) is 9.02. The van der Waals surface area contributed by atoms with Crippen LogP contribution in [0.3, 0.4) is 0 Å². The topological polar surface area (TPSA) is 127 Å². The van der Waals surface area contributed by atoms with E-state index in [1.807, 2.05) is 0 Å². The molecule has 272 valence electrons. The molecule has 4 atom stereocenters. The maximum absolute atomic E-state index is 15.3. The molecule has 1 aliphatic rings. The van der Waals surface area contributed by atoms with Crippen LogP contribution in [0.25, 0.3) is 0 Å². The van der Waals surface area contributed by atoms with Crippen LogP contribution >= 0.6 is 0 Å². The minimum absolute atomic E-state index is 0.0120. The number of alkyl halides is 3. The summed E-state index contributed by atoms with van der Waals surface area (Å²) in [6.45, 7) is 2.06. The molecule has 1 fully saturated rings. The van der Waals surface area contributed by atoms with Crippen LogP contribution in [-0.4, -0.2) is 61.2 Å². The molecule has 1 saturated heterocycles. The smallest absolute Gasteiger partial charge is 0.406 e. The third-order valence-electron chi connectivity index (χ3n) is 8.37. The molecule has 2 heterocycles. The van der Waals surface area contributed by atoms with Crippen molar-refractivity contribution in [3.05, 3.63) is 119 Å². The summed E-state index contributed by atoms with van der Waals surface area (Å²) in [4.78, 5) is 17.1. The Balaban J connectivity index is 1.37. The minimum Gasteiger partial charge on any atom is -0.406 e. The van der Waals surface area contributed by atoms with Gasteiger partial charge in [-0.3, -0.25) is 9.78 Å². The molecule has 0 saturated carbocycles. The average Bonchev–Trinajstić information content (AvgIpc) is 3.04. The number of nitrogens with two attached hydrogens (primary N) is 1. The van der Waals surface area contributed by atoms with Gasteiger partial charge in [0.2, 0.25) is 15.9 Å². The van der Waals surface area contributed by atoms with Gasteiger partial charge >= 0.3 is 6.36 Å². The SMILES string of the molecule is C[C@@H]1CNC[C@H](CCc2c(F)cncc2NC(=O)[C@@H](N)[C@@H](c2ccc(F)cc2)c2cc(F)cc(F)c2)N1S(=O)(=O)c1ccc(OC(F)(F)F)cc1. The lowest BCUT2D eigenvalue weighted by molar-refractivity contribution is -0.274. The van der Waals surface area contributed by atoms with E-state index in [9.17, 15) is 39.6 Å². The van der Waals surface area contributed by atoms with Crippen LogP contribution in [0.15, 0.2) is 84.0 Å². The van der Waals surface area contributed by atoms with E-state index in [0.29, 0.717) is 6.07 Å². The van der Waals surface area contributed by atoms with Crippen molar-refractivity contribution in [1.82, 2.24) is 14.6 Å². The molecule has 9 nitrogen and oxygen atoms in total. The number of carbonyl (C=O) groups excluding carboxylic acids is 1. The van der Waals surface area contributed by atoms with Crippen LogP contribution in [0.2, 0.25) is 0 Å². The van der Waals surface area contributed by atoms with Gasteiger partial charge in [0.05, 0.1) is 29.0 Å². The maximum atomic E-state index is 15.3. The van der Waals surface area contributed by atoms with Crippen LogP contribution in [0.5, 0.6) is 5.75 Å². The van der Waals surface area contributed by atoms with Crippen LogP contribution in [0.4, 0.5) is 36.4 Å². The Bertz CT molecular complexity index is 1950. The number of amides is 1. The minimum atomic E-state index is -4.96. The van der Waals surface area contributed by atoms with Gasteiger partial charge in [0.1, 0.15) is 29.0 Å². The van der Waals surface area contributed by atoms with Crippen LogP contribution in [-0.2, 0) is 21.2 Å². The van der Waals surface area contributed by atoms with E-state index >= 15 is 4.39 Å². The fourth-order valence-electron chi connectivity index (χ4n) is 6.13. The number of aromatic nitrogens is 1. The molecule has 0 aliphatic carbocycles. The Morgan fingerprint density at radius 3 is 2.24 bits per heavy atom. The zero-order valence-electron chi connectivity index (χ0n) is 26.8. The Hall–Kier alpha value is -4.58. The monoisotopic (exact) mass is 739 g/mol. The number of hydrogen-bond donors (Lipinski definition) is 3. The second kappa shape index (κ2) is 15.3. The van der Waals surface area contributed by atoms with Crippen LogP contribution in [0, 0.1) is 23.3 Å². The summed E-state index contributed by atoms with van der Waals surface area (Å²) in [5, 5.41) is 5.65. The summed E-state index contributed by atoms with van der Waals surface area (Å²) in [5.74, 6) is -5.94. The van der Waals surface area contributed by atoms with Crippen molar-refractivity contribution in [3.8, 4) is 5.75 Å². The van der Waals surface area contributed by atoms with Gasteiger partial charge < -0.3 is 21.1 Å². The number of carbonyl (C=O) groups is 1. The zero-order valence-corrected chi connectivity index (χ0v) is 27.6. The summed E-state index contributed by atoms with van der Waals surface area (Å²) in [6.07, 6.45) is -2.97. The summed E-state index contributed by atoms with van der Waals surface area (Å²) in [6, 6.07) is 8.33. The standard InChI is InChI=1S/C34H32F7N5O4S/c1-19-15-43-16-25(46(19)51(48,49)27-9-7-26(8-10-27)50-34(39,40)41)6-11-28-29(38)17-44-18-30(28)45-33(47)32(42)31(20-2-4-22(35)5-3-20)21-12-23(36)14-24(37)13-21/h2-5,7-10,12-14,17-19,25,31-32,43H,6,11,15-16,42H2,1H3,(H,45,47)/t19-,25+,31+,32+/m1/s1. The van der Waals surface area contributed by atoms with Gasteiger partial charge in [0, 0.05) is 42.7 Å². The molecule has 1 aromatic heterocycles. The number of sulfonamides is 1. The van der Waals surface area contributed by atoms with E-state index in [1.54, 1.807) is 6.92 Å². The molecule has 17 heteroatoms. The molecule has 5 rings (SSSR count). The number of anilines is 1. The summed E-state index contributed by atoms with van der Waals surface area (Å²) >= 11 is 0. The van der Waals surface area contributed by atoms with Gasteiger partial charge in [0.15, 0.2) is 0 Å². The maximum Gasteiger partial charge on any atom is 0.573 e. The number of pyridine rings is 1. The number of benzene rings is 3. The molecule has 0 unspecified atom stereocenters.